The number of aryl methyl sites for hydroxylation is 2. The van der Waals surface area contributed by atoms with Gasteiger partial charge in [0.05, 0.1) is 20.3 Å². The van der Waals surface area contributed by atoms with E-state index in [2.05, 4.69) is 13.0 Å². The first-order valence-electron chi connectivity index (χ1n) is 4.99. The average Bonchev–Trinajstić information content (AvgIpc) is 2.17. The molecule has 2 rings (SSSR count). The third-order valence-corrected chi connectivity index (χ3v) is 3.31. The molecule has 0 radical (unpaired) electrons. The number of hydrogen-bond acceptors (Lipinski definition) is 2. The molecule has 15 heavy (non-hydrogen) atoms. The van der Waals surface area contributed by atoms with Crippen LogP contribution in [0.2, 0.25) is 0 Å². The summed E-state index contributed by atoms with van der Waals surface area (Å²) in [5.74, 6) is 0.914. The molecule has 0 atom stereocenters. The first kappa shape index (κ1) is 10.8. The summed E-state index contributed by atoms with van der Waals surface area (Å²) in [7, 11) is 1.68. The van der Waals surface area contributed by atoms with Crippen LogP contribution in [0.15, 0.2) is 12.1 Å². The van der Waals surface area contributed by atoms with Crippen LogP contribution in [-0.2, 0) is 9.61 Å². The highest BCUT2D eigenvalue weighted by atomic mass is 35.5. The molecular weight excluding hydrogens is 212 g/mol. The van der Waals surface area contributed by atoms with Gasteiger partial charge in [0.15, 0.2) is 0 Å². The molecule has 1 heterocycles. The van der Waals surface area contributed by atoms with Gasteiger partial charge in [0, 0.05) is 0 Å². The summed E-state index contributed by atoms with van der Waals surface area (Å²) in [6.07, 6.45) is 0. The highest BCUT2D eigenvalue weighted by Crippen LogP contribution is 2.40. The number of methoxy groups -OCH3 is 1. The summed E-state index contributed by atoms with van der Waals surface area (Å²) in [4.78, 5) is -0.318. The summed E-state index contributed by atoms with van der Waals surface area (Å²) in [5.41, 5.74) is 3.44. The molecule has 1 saturated heterocycles. The zero-order chi connectivity index (χ0) is 11.1. The number of hydrogen-bond donors (Lipinski definition) is 0. The van der Waals surface area contributed by atoms with Crippen molar-refractivity contribution in [3.05, 3.63) is 28.8 Å². The molecule has 1 aromatic carbocycles. The lowest BCUT2D eigenvalue weighted by molar-refractivity contribution is -0.0155. The van der Waals surface area contributed by atoms with Crippen LogP contribution in [0.3, 0.4) is 0 Å². The Bertz CT molecular complexity index is 383. The summed E-state index contributed by atoms with van der Waals surface area (Å²) in [6.45, 7) is 5.28. The van der Waals surface area contributed by atoms with Gasteiger partial charge in [0.2, 0.25) is 0 Å². The number of rotatable bonds is 2. The molecule has 0 aliphatic carbocycles. The second-order valence-corrected chi connectivity index (χ2v) is 4.82. The van der Waals surface area contributed by atoms with Gasteiger partial charge in [-0.25, -0.2) is 0 Å². The fourth-order valence-corrected chi connectivity index (χ4v) is 2.29. The minimum atomic E-state index is -0.318. The van der Waals surface area contributed by atoms with E-state index in [0.29, 0.717) is 13.2 Å². The first-order valence-corrected chi connectivity index (χ1v) is 5.37. The summed E-state index contributed by atoms with van der Waals surface area (Å²) >= 11 is 6.44. The van der Waals surface area contributed by atoms with Crippen molar-refractivity contribution >= 4 is 11.6 Å². The molecule has 0 bridgehead atoms. The maximum absolute atomic E-state index is 6.44. The molecule has 0 saturated carbocycles. The lowest BCUT2D eigenvalue weighted by Crippen LogP contribution is -2.42. The molecule has 2 nitrogen and oxygen atoms in total. The van der Waals surface area contributed by atoms with Crippen LogP contribution in [0.25, 0.3) is 0 Å². The molecule has 1 fully saturated rings. The molecular formula is C12H15ClO2. The standard InChI is InChI=1S/C12H15ClO2/c1-8-5-11(14-3)9(2)4-10(8)12(13)6-15-7-12/h4-5H,6-7H2,1-3H3. The van der Waals surface area contributed by atoms with E-state index in [1.54, 1.807) is 7.11 Å². The molecule has 0 spiro atoms. The van der Waals surface area contributed by atoms with E-state index in [4.69, 9.17) is 21.1 Å². The van der Waals surface area contributed by atoms with Crippen molar-refractivity contribution in [1.82, 2.24) is 0 Å². The Morgan fingerprint density at radius 3 is 2.40 bits per heavy atom. The van der Waals surface area contributed by atoms with Gasteiger partial charge in [0.1, 0.15) is 10.6 Å². The molecule has 1 aromatic rings. The van der Waals surface area contributed by atoms with Crippen molar-refractivity contribution in [2.45, 2.75) is 18.7 Å². The molecule has 1 aliphatic rings. The zero-order valence-corrected chi connectivity index (χ0v) is 10.0. The predicted molar refractivity (Wildman–Crippen MR) is 60.8 cm³/mol. The topological polar surface area (TPSA) is 18.5 Å². The maximum atomic E-state index is 6.44. The van der Waals surface area contributed by atoms with Crippen LogP contribution in [0, 0.1) is 13.8 Å². The number of alkyl halides is 1. The van der Waals surface area contributed by atoms with Gasteiger partial charge in [-0.3, -0.25) is 0 Å². The van der Waals surface area contributed by atoms with E-state index in [1.807, 2.05) is 13.0 Å². The van der Waals surface area contributed by atoms with E-state index in [1.165, 1.54) is 0 Å². The normalized spacial score (nSPS) is 18.4. The van der Waals surface area contributed by atoms with Gasteiger partial charge in [0.25, 0.3) is 0 Å². The van der Waals surface area contributed by atoms with Crippen LogP contribution < -0.4 is 4.74 Å². The van der Waals surface area contributed by atoms with Gasteiger partial charge >= 0.3 is 0 Å². The van der Waals surface area contributed by atoms with Crippen LogP contribution in [0.5, 0.6) is 5.75 Å². The van der Waals surface area contributed by atoms with Gasteiger partial charge in [-0.1, -0.05) is 6.07 Å². The highest BCUT2D eigenvalue weighted by molar-refractivity contribution is 6.25. The Morgan fingerprint density at radius 2 is 1.93 bits per heavy atom. The second-order valence-electron chi connectivity index (χ2n) is 4.09. The quantitative estimate of drug-likeness (QED) is 0.722. The Kier molecular flexibility index (Phi) is 2.65. The fraction of sp³-hybridized carbons (Fsp3) is 0.500. The van der Waals surface area contributed by atoms with Gasteiger partial charge in [-0.2, -0.15) is 0 Å². The largest absolute Gasteiger partial charge is 0.496 e. The minimum absolute atomic E-state index is 0.318. The third kappa shape index (κ3) is 1.72. The first-order chi connectivity index (χ1) is 7.07. The zero-order valence-electron chi connectivity index (χ0n) is 9.26. The van der Waals surface area contributed by atoms with Crippen LogP contribution in [0.4, 0.5) is 0 Å². The van der Waals surface area contributed by atoms with Gasteiger partial charge in [-0.15, -0.1) is 11.6 Å². The number of halogens is 1. The van der Waals surface area contributed by atoms with Crippen LogP contribution >= 0.6 is 11.6 Å². The van der Waals surface area contributed by atoms with Crippen molar-refractivity contribution in [2.24, 2.45) is 0 Å². The molecule has 0 unspecified atom stereocenters. The predicted octanol–water partition coefficient (Wildman–Crippen LogP) is 2.78. The van der Waals surface area contributed by atoms with Gasteiger partial charge in [-0.05, 0) is 36.6 Å². The van der Waals surface area contributed by atoms with Gasteiger partial charge < -0.3 is 9.47 Å². The van der Waals surface area contributed by atoms with E-state index < -0.39 is 0 Å². The third-order valence-electron chi connectivity index (χ3n) is 2.89. The molecule has 0 N–H and O–H groups in total. The number of benzene rings is 1. The average molecular weight is 227 g/mol. The minimum Gasteiger partial charge on any atom is -0.496 e. The van der Waals surface area contributed by atoms with Crippen molar-refractivity contribution < 1.29 is 9.47 Å². The smallest absolute Gasteiger partial charge is 0.122 e. The van der Waals surface area contributed by atoms with E-state index in [0.717, 1.165) is 22.4 Å². The Morgan fingerprint density at radius 1 is 1.27 bits per heavy atom. The molecule has 82 valence electrons. The maximum Gasteiger partial charge on any atom is 0.122 e. The highest BCUT2D eigenvalue weighted by Gasteiger charge is 2.39. The van der Waals surface area contributed by atoms with Crippen LogP contribution in [-0.4, -0.2) is 20.3 Å². The molecule has 0 aromatic heterocycles. The van der Waals surface area contributed by atoms with E-state index in [9.17, 15) is 0 Å². The number of ether oxygens (including phenoxy) is 2. The van der Waals surface area contributed by atoms with Crippen molar-refractivity contribution in [2.75, 3.05) is 20.3 Å². The van der Waals surface area contributed by atoms with E-state index in [-0.39, 0.29) is 4.87 Å². The second kappa shape index (κ2) is 3.69. The lowest BCUT2D eigenvalue weighted by atomic mass is 9.91. The summed E-state index contributed by atoms with van der Waals surface area (Å²) in [5, 5.41) is 0. The van der Waals surface area contributed by atoms with Crippen molar-refractivity contribution in [1.29, 1.82) is 0 Å². The molecule has 1 aliphatic heterocycles. The lowest BCUT2D eigenvalue weighted by Gasteiger charge is -2.37. The Hall–Kier alpha value is -0.730. The monoisotopic (exact) mass is 226 g/mol. The SMILES string of the molecule is COc1cc(C)c(C2(Cl)COC2)cc1C. The van der Waals surface area contributed by atoms with Crippen LogP contribution in [0.1, 0.15) is 16.7 Å². The fourth-order valence-electron chi connectivity index (χ4n) is 1.93. The Labute approximate surface area is 95.1 Å². The van der Waals surface area contributed by atoms with Crippen molar-refractivity contribution in [3.8, 4) is 5.75 Å². The van der Waals surface area contributed by atoms with Crippen molar-refractivity contribution in [3.63, 3.8) is 0 Å². The summed E-state index contributed by atoms with van der Waals surface area (Å²) < 4.78 is 10.5. The van der Waals surface area contributed by atoms with E-state index >= 15 is 0 Å². The molecule has 3 heteroatoms. The summed E-state index contributed by atoms with van der Waals surface area (Å²) in [6, 6.07) is 4.14. The Balaban J connectivity index is 2.45. The molecule has 0 amide bonds.